The van der Waals surface area contributed by atoms with Crippen LogP contribution in [0.3, 0.4) is 0 Å². The van der Waals surface area contributed by atoms with Crippen LogP contribution in [0.4, 0.5) is 0 Å². The van der Waals surface area contributed by atoms with E-state index in [1.165, 1.54) is 103 Å². The van der Waals surface area contributed by atoms with Crippen molar-refractivity contribution in [3.63, 3.8) is 0 Å². The van der Waals surface area contributed by atoms with Gasteiger partial charge in [-0.05, 0) is 77.0 Å². The molecule has 0 N–H and O–H groups in total. The highest BCUT2D eigenvalue weighted by atomic mass is 16.6. The van der Waals surface area contributed by atoms with Crippen molar-refractivity contribution >= 4 is 11.9 Å². The summed E-state index contributed by atoms with van der Waals surface area (Å²) in [5.74, 6) is -0.436. The predicted octanol–water partition coefficient (Wildman–Crippen LogP) is 15.0. The lowest BCUT2D eigenvalue weighted by Crippen LogP contribution is -2.30. The van der Waals surface area contributed by atoms with Crippen molar-refractivity contribution in [2.45, 2.75) is 219 Å². The first kappa shape index (κ1) is 51.6. The fourth-order valence-corrected chi connectivity index (χ4v) is 6.15. The van der Waals surface area contributed by atoms with E-state index in [0.29, 0.717) is 19.4 Å². The Morgan fingerprint density at radius 1 is 0.426 bits per heavy atom. The van der Waals surface area contributed by atoms with E-state index in [9.17, 15) is 9.59 Å². The highest BCUT2D eigenvalue weighted by Crippen LogP contribution is 2.14. The smallest absolute Gasteiger partial charge is 0.306 e. The zero-order chi connectivity index (χ0) is 39.3. The second-order valence-corrected chi connectivity index (χ2v) is 14.9. The molecule has 54 heavy (non-hydrogen) atoms. The van der Waals surface area contributed by atoms with Crippen molar-refractivity contribution in [3.8, 4) is 0 Å². The Morgan fingerprint density at radius 2 is 0.870 bits per heavy atom. The summed E-state index contributed by atoms with van der Waals surface area (Å²) < 4.78 is 17.3. The lowest BCUT2D eigenvalue weighted by atomic mass is 10.1. The SMILES string of the molecule is CC/C=C\C/C=C\C/C=C\CCCCCC(=O)OCC(COCCCCCCCC/C=C\C/C=C\CCC)OC(=O)CCCCCCCCCCCCC. The molecule has 1 atom stereocenters. The van der Waals surface area contributed by atoms with E-state index in [1.54, 1.807) is 0 Å². The topological polar surface area (TPSA) is 61.8 Å². The minimum Gasteiger partial charge on any atom is -0.462 e. The Hall–Kier alpha value is -2.40. The van der Waals surface area contributed by atoms with Crippen molar-refractivity contribution in [3.05, 3.63) is 60.8 Å². The summed E-state index contributed by atoms with van der Waals surface area (Å²) in [6.45, 7) is 7.59. The number of esters is 2. The third-order valence-corrected chi connectivity index (χ3v) is 9.52. The number of hydrogen-bond acceptors (Lipinski definition) is 5. The summed E-state index contributed by atoms with van der Waals surface area (Å²) in [4.78, 5) is 25.2. The molecule has 0 amide bonds. The molecule has 0 rings (SSSR count). The predicted molar refractivity (Wildman–Crippen MR) is 233 cm³/mol. The molecular formula is C49H86O5. The maximum absolute atomic E-state index is 12.7. The van der Waals surface area contributed by atoms with Gasteiger partial charge in [0.15, 0.2) is 6.10 Å². The normalized spacial score (nSPS) is 12.7. The first-order chi connectivity index (χ1) is 26.6. The van der Waals surface area contributed by atoms with E-state index >= 15 is 0 Å². The molecule has 312 valence electrons. The zero-order valence-electron chi connectivity index (χ0n) is 35.7. The first-order valence-corrected chi connectivity index (χ1v) is 22.8. The van der Waals surface area contributed by atoms with E-state index in [-0.39, 0.29) is 25.2 Å². The summed E-state index contributed by atoms with van der Waals surface area (Å²) >= 11 is 0. The van der Waals surface area contributed by atoms with E-state index in [2.05, 4.69) is 81.5 Å². The largest absolute Gasteiger partial charge is 0.462 e. The van der Waals surface area contributed by atoms with Crippen LogP contribution in [0.25, 0.3) is 0 Å². The second-order valence-electron chi connectivity index (χ2n) is 14.9. The first-order valence-electron chi connectivity index (χ1n) is 22.8. The standard InChI is InChI=1S/C49H86O5/c1-4-7-10-13-16-19-22-24-26-29-32-35-38-41-44-52-45-47(54-49(51)43-40-37-34-31-27-21-18-15-12-9-6-3)46-53-48(50)42-39-36-33-30-28-25-23-20-17-14-11-8-5-2/h8,10-11,13,17,19-20,22,25,28,47H,4-7,9,12,14-16,18,21,23-24,26-27,29-46H2,1-3H3/b11-8-,13-10-,20-17-,22-19-,28-25-. The molecule has 0 radical (unpaired) electrons. The molecule has 0 bridgehead atoms. The van der Waals surface area contributed by atoms with Gasteiger partial charge in [0.1, 0.15) is 6.61 Å². The van der Waals surface area contributed by atoms with Crippen LogP contribution in [0, 0.1) is 0 Å². The third kappa shape index (κ3) is 42.3. The minimum absolute atomic E-state index is 0.0663. The Labute approximate surface area is 334 Å². The summed E-state index contributed by atoms with van der Waals surface area (Å²) in [6, 6.07) is 0. The van der Waals surface area contributed by atoms with Gasteiger partial charge in [0.25, 0.3) is 0 Å². The van der Waals surface area contributed by atoms with Crippen molar-refractivity contribution in [1.29, 1.82) is 0 Å². The summed E-state index contributed by atoms with van der Waals surface area (Å²) in [7, 11) is 0. The molecule has 5 nitrogen and oxygen atoms in total. The Kier molecular flexibility index (Phi) is 43.0. The molecule has 0 aliphatic rings. The highest BCUT2D eigenvalue weighted by Gasteiger charge is 2.17. The van der Waals surface area contributed by atoms with Gasteiger partial charge in [-0.3, -0.25) is 9.59 Å². The van der Waals surface area contributed by atoms with Crippen LogP contribution in [0.15, 0.2) is 60.8 Å². The summed E-state index contributed by atoms with van der Waals surface area (Å²) in [6.07, 6.45) is 55.0. The molecule has 0 aliphatic heterocycles. The minimum atomic E-state index is -0.550. The van der Waals surface area contributed by atoms with Gasteiger partial charge >= 0.3 is 11.9 Å². The number of allylic oxidation sites excluding steroid dienone is 10. The second kappa shape index (κ2) is 45.0. The molecule has 1 unspecified atom stereocenters. The van der Waals surface area contributed by atoms with Crippen LogP contribution in [-0.4, -0.2) is 37.9 Å². The van der Waals surface area contributed by atoms with Crippen molar-refractivity contribution in [1.82, 2.24) is 0 Å². The number of hydrogen-bond donors (Lipinski definition) is 0. The summed E-state index contributed by atoms with van der Waals surface area (Å²) in [5.41, 5.74) is 0. The van der Waals surface area contributed by atoms with Gasteiger partial charge in [0.2, 0.25) is 0 Å². The van der Waals surface area contributed by atoms with Gasteiger partial charge in [0.05, 0.1) is 6.61 Å². The van der Waals surface area contributed by atoms with E-state index in [1.807, 2.05) is 0 Å². The number of ether oxygens (including phenoxy) is 3. The van der Waals surface area contributed by atoms with E-state index in [0.717, 1.165) is 77.0 Å². The molecule has 0 aromatic carbocycles. The molecule has 0 aliphatic carbocycles. The zero-order valence-corrected chi connectivity index (χ0v) is 35.7. The molecular weight excluding hydrogens is 669 g/mol. The molecule has 0 saturated carbocycles. The van der Waals surface area contributed by atoms with Crippen molar-refractivity contribution < 1.29 is 23.8 Å². The van der Waals surface area contributed by atoms with Crippen LogP contribution in [0.2, 0.25) is 0 Å². The number of rotatable bonds is 41. The lowest BCUT2D eigenvalue weighted by Gasteiger charge is -2.18. The van der Waals surface area contributed by atoms with Crippen LogP contribution < -0.4 is 0 Å². The Morgan fingerprint density at radius 3 is 1.43 bits per heavy atom. The maximum Gasteiger partial charge on any atom is 0.306 e. The Bertz CT molecular complexity index is 946. The van der Waals surface area contributed by atoms with Gasteiger partial charge < -0.3 is 14.2 Å². The quantitative estimate of drug-likeness (QED) is 0.0353. The van der Waals surface area contributed by atoms with Gasteiger partial charge in [-0.15, -0.1) is 0 Å². The highest BCUT2D eigenvalue weighted by molar-refractivity contribution is 5.70. The average Bonchev–Trinajstić information content (AvgIpc) is 3.17. The lowest BCUT2D eigenvalue weighted by molar-refractivity contribution is -0.163. The fraction of sp³-hybridized carbons (Fsp3) is 0.755. The average molecular weight is 755 g/mol. The molecule has 0 aromatic heterocycles. The molecule has 0 fully saturated rings. The van der Waals surface area contributed by atoms with Gasteiger partial charge in [-0.25, -0.2) is 0 Å². The van der Waals surface area contributed by atoms with Gasteiger partial charge in [0, 0.05) is 19.4 Å². The van der Waals surface area contributed by atoms with E-state index < -0.39 is 6.10 Å². The third-order valence-electron chi connectivity index (χ3n) is 9.52. The van der Waals surface area contributed by atoms with E-state index in [4.69, 9.17) is 14.2 Å². The maximum atomic E-state index is 12.7. The Balaban J connectivity index is 4.31. The molecule has 0 aromatic rings. The van der Waals surface area contributed by atoms with Crippen LogP contribution in [0.1, 0.15) is 213 Å². The molecule has 0 saturated heterocycles. The van der Waals surface area contributed by atoms with Crippen molar-refractivity contribution in [2.24, 2.45) is 0 Å². The van der Waals surface area contributed by atoms with Gasteiger partial charge in [-0.1, -0.05) is 184 Å². The fourth-order valence-electron chi connectivity index (χ4n) is 6.15. The van der Waals surface area contributed by atoms with Crippen LogP contribution >= 0.6 is 0 Å². The molecule has 0 heterocycles. The monoisotopic (exact) mass is 755 g/mol. The van der Waals surface area contributed by atoms with Gasteiger partial charge in [-0.2, -0.15) is 0 Å². The molecule has 0 spiro atoms. The number of unbranched alkanes of at least 4 members (excludes halogenated alkanes) is 20. The molecule has 5 heteroatoms. The summed E-state index contributed by atoms with van der Waals surface area (Å²) in [5, 5.41) is 0. The van der Waals surface area contributed by atoms with Crippen molar-refractivity contribution in [2.75, 3.05) is 19.8 Å². The van der Waals surface area contributed by atoms with Crippen LogP contribution in [0.5, 0.6) is 0 Å². The van der Waals surface area contributed by atoms with Crippen LogP contribution in [-0.2, 0) is 23.8 Å². The number of carbonyl (C=O) groups is 2. The number of carbonyl (C=O) groups excluding carboxylic acids is 2.